The number of hydrogen-bond donors (Lipinski definition) is 2. The Morgan fingerprint density at radius 3 is 2.44 bits per heavy atom. The molecular weight excluding hydrogens is 210 g/mol. The summed E-state index contributed by atoms with van der Waals surface area (Å²) in [6, 6.07) is 0. The van der Waals surface area contributed by atoms with E-state index in [-0.39, 0.29) is 11.3 Å². The molecule has 5 nitrogen and oxygen atoms in total. The van der Waals surface area contributed by atoms with Crippen molar-refractivity contribution in [2.75, 3.05) is 6.61 Å². The van der Waals surface area contributed by atoms with E-state index in [9.17, 15) is 9.59 Å². The van der Waals surface area contributed by atoms with Crippen LogP contribution in [0.2, 0.25) is 0 Å². The van der Waals surface area contributed by atoms with Gasteiger partial charge in [-0.3, -0.25) is 0 Å². The molecule has 0 amide bonds. The minimum atomic E-state index is -1.04. The maximum atomic E-state index is 11.6. The summed E-state index contributed by atoms with van der Waals surface area (Å²) in [5.41, 5.74) is 1.26. The van der Waals surface area contributed by atoms with Gasteiger partial charge < -0.3 is 14.8 Å². The number of carboxylic acid groups (broad SMARTS) is 1. The number of carbonyl (C=O) groups excluding carboxylic acids is 1. The lowest BCUT2D eigenvalue weighted by atomic mass is 10.1. The van der Waals surface area contributed by atoms with E-state index in [0.29, 0.717) is 17.9 Å². The van der Waals surface area contributed by atoms with Gasteiger partial charge in [0.2, 0.25) is 0 Å². The molecule has 0 aliphatic heterocycles. The van der Waals surface area contributed by atoms with Gasteiger partial charge in [0.25, 0.3) is 0 Å². The lowest BCUT2D eigenvalue weighted by molar-refractivity contribution is 0.0498. The largest absolute Gasteiger partial charge is 0.478 e. The first kappa shape index (κ1) is 12.3. The lowest BCUT2D eigenvalue weighted by Crippen LogP contribution is -2.08. The second-order valence-corrected chi connectivity index (χ2v) is 3.57. The fourth-order valence-corrected chi connectivity index (χ4v) is 1.54. The third-order valence-electron chi connectivity index (χ3n) is 2.29. The Morgan fingerprint density at radius 2 is 2.00 bits per heavy atom. The highest BCUT2D eigenvalue weighted by Gasteiger charge is 2.21. The molecular formula is C11H15NO4. The Hall–Kier alpha value is -1.78. The first-order chi connectivity index (χ1) is 7.49. The number of nitrogens with one attached hydrogen (secondary N) is 1. The monoisotopic (exact) mass is 225 g/mol. The Labute approximate surface area is 93.4 Å². The molecule has 1 rings (SSSR count). The van der Waals surface area contributed by atoms with Crippen LogP contribution in [-0.2, 0) is 4.74 Å². The van der Waals surface area contributed by atoms with Crippen LogP contribution in [0.25, 0.3) is 0 Å². The second-order valence-electron chi connectivity index (χ2n) is 3.57. The number of carboxylic acids is 1. The highest BCUT2D eigenvalue weighted by atomic mass is 16.5. The smallest absolute Gasteiger partial charge is 0.355 e. The van der Waals surface area contributed by atoms with Crippen LogP contribution in [0.5, 0.6) is 0 Å². The molecule has 16 heavy (non-hydrogen) atoms. The van der Waals surface area contributed by atoms with Crippen LogP contribution in [0.1, 0.15) is 45.4 Å². The fraction of sp³-hybridized carbons (Fsp3) is 0.455. The van der Waals surface area contributed by atoms with Crippen molar-refractivity contribution in [1.29, 1.82) is 0 Å². The van der Waals surface area contributed by atoms with E-state index in [0.717, 1.165) is 6.42 Å². The summed E-state index contributed by atoms with van der Waals surface area (Å²) >= 11 is 0. The highest BCUT2D eigenvalue weighted by molar-refractivity contribution is 5.97. The molecule has 0 radical (unpaired) electrons. The van der Waals surface area contributed by atoms with Crippen LogP contribution in [0, 0.1) is 13.8 Å². The van der Waals surface area contributed by atoms with Gasteiger partial charge in [-0.25, -0.2) is 9.59 Å². The maximum Gasteiger partial charge on any atom is 0.355 e. The zero-order valence-corrected chi connectivity index (χ0v) is 9.59. The predicted molar refractivity (Wildman–Crippen MR) is 57.8 cm³/mol. The van der Waals surface area contributed by atoms with Gasteiger partial charge in [-0.15, -0.1) is 0 Å². The van der Waals surface area contributed by atoms with E-state index in [1.165, 1.54) is 0 Å². The predicted octanol–water partition coefficient (Wildman–Crippen LogP) is 1.90. The Morgan fingerprint density at radius 1 is 1.38 bits per heavy atom. The summed E-state index contributed by atoms with van der Waals surface area (Å²) in [6.07, 6.45) is 0.732. The van der Waals surface area contributed by atoms with Crippen molar-refractivity contribution in [3.05, 3.63) is 22.5 Å². The van der Waals surface area contributed by atoms with Crippen molar-refractivity contribution in [2.45, 2.75) is 27.2 Å². The average molecular weight is 225 g/mol. The van der Waals surface area contributed by atoms with Crippen LogP contribution in [0.3, 0.4) is 0 Å². The van der Waals surface area contributed by atoms with Gasteiger partial charge >= 0.3 is 11.9 Å². The number of ether oxygens (including phenoxy) is 1. The molecule has 0 aliphatic rings. The summed E-state index contributed by atoms with van der Waals surface area (Å²) in [5.74, 6) is -1.55. The molecule has 0 aromatic carbocycles. The first-order valence-corrected chi connectivity index (χ1v) is 5.08. The van der Waals surface area contributed by atoms with Crippen molar-refractivity contribution >= 4 is 11.9 Å². The number of aromatic amines is 1. The summed E-state index contributed by atoms with van der Waals surface area (Å²) < 4.78 is 4.94. The zero-order chi connectivity index (χ0) is 12.3. The summed E-state index contributed by atoms with van der Waals surface area (Å²) in [4.78, 5) is 25.2. The summed E-state index contributed by atoms with van der Waals surface area (Å²) in [7, 11) is 0. The Bertz CT molecular complexity index is 420. The van der Waals surface area contributed by atoms with Gasteiger partial charge in [-0.05, 0) is 25.8 Å². The Kier molecular flexibility index (Phi) is 3.71. The van der Waals surface area contributed by atoms with Crippen molar-refractivity contribution in [1.82, 2.24) is 4.98 Å². The third-order valence-corrected chi connectivity index (χ3v) is 2.29. The number of aromatic nitrogens is 1. The standard InChI is InChI=1S/C11H15NO4/c1-4-5-16-11(15)9-6(2)8(10(13)14)7(3)12-9/h12H,4-5H2,1-3H3,(H,13,14). The maximum absolute atomic E-state index is 11.6. The first-order valence-electron chi connectivity index (χ1n) is 5.08. The zero-order valence-electron chi connectivity index (χ0n) is 9.59. The fourth-order valence-electron chi connectivity index (χ4n) is 1.54. The van der Waals surface area contributed by atoms with E-state index in [2.05, 4.69) is 4.98 Å². The molecule has 1 aromatic heterocycles. The lowest BCUT2D eigenvalue weighted by Gasteiger charge is -2.01. The van der Waals surface area contributed by atoms with Gasteiger partial charge in [0, 0.05) is 5.69 Å². The molecule has 0 saturated carbocycles. The third kappa shape index (κ3) is 2.24. The molecule has 0 atom stereocenters. The minimum Gasteiger partial charge on any atom is -0.478 e. The SMILES string of the molecule is CCCOC(=O)c1[nH]c(C)c(C(=O)O)c1C. The molecule has 0 bridgehead atoms. The molecule has 0 spiro atoms. The molecule has 0 fully saturated rings. The summed E-state index contributed by atoms with van der Waals surface area (Å²) in [6.45, 7) is 5.43. The molecule has 1 heterocycles. The van der Waals surface area contributed by atoms with E-state index < -0.39 is 11.9 Å². The van der Waals surface area contributed by atoms with Gasteiger partial charge in [0.15, 0.2) is 0 Å². The topological polar surface area (TPSA) is 79.4 Å². The van der Waals surface area contributed by atoms with Crippen LogP contribution >= 0.6 is 0 Å². The average Bonchev–Trinajstić information content (AvgIpc) is 2.50. The molecule has 0 aliphatic carbocycles. The molecule has 1 aromatic rings. The molecule has 88 valence electrons. The van der Waals surface area contributed by atoms with Crippen LogP contribution in [-0.4, -0.2) is 28.6 Å². The molecule has 0 unspecified atom stereocenters. The summed E-state index contributed by atoms with van der Waals surface area (Å²) in [5, 5.41) is 8.95. The number of carbonyl (C=O) groups is 2. The molecule has 5 heteroatoms. The number of aryl methyl sites for hydroxylation is 1. The number of esters is 1. The van der Waals surface area contributed by atoms with E-state index in [1.54, 1.807) is 13.8 Å². The second kappa shape index (κ2) is 4.83. The van der Waals surface area contributed by atoms with Gasteiger partial charge in [-0.2, -0.15) is 0 Å². The molecule has 2 N–H and O–H groups in total. The van der Waals surface area contributed by atoms with Crippen LogP contribution < -0.4 is 0 Å². The minimum absolute atomic E-state index is 0.142. The van der Waals surface area contributed by atoms with Crippen LogP contribution in [0.4, 0.5) is 0 Å². The normalized spacial score (nSPS) is 10.2. The van der Waals surface area contributed by atoms with Crippen LogP contribution in [0.15, 0.2) is 0 Å². The van der Waals surface area contributed by atoms with Gasteiger partial charge in [-0.1, -0.05) is 6.92 Å². The number of hydrogen-bond acceptors (Lipinski definition) is 3. The van der Waals surface area contributed by atoms with Crippen molar-refractivity contribution < 1.29 is 19.4 Å². The number of rotatable bonds is 4. The number of H-pyrrole nitrogens is 1. The van der Waals surface area contributed by atoms with Crippen molar-refractivity contribution in [3.63, 3.8) is 0 Å². The van der Waals surface area contributed by atoms with Gasteiger partial charge in [0.1, 0.15) is 5.69 Å². The highest BCUT2D eigenvalue weighted by Crippen LogP contribution is 2.18. The quantitative estimate of drug-likeness (QED) is 0.767. The van der Waals surface area contributed by atoms with E-state index in [1.807, 2.05) is 6.92 Å². The Balaban J connectivity index is 3.03. The number of aromatic carboxylic acids is 1. The van der Waals surface area contributed by atoms with Crippen molar-refractivity contribution in [2.24, 2.45) is 0 Å². The van der Waals surface area contributed by atoms with Gasteiger partial charge in [0.05, 0.1) is 12.2 Å². The van der Waals surface area contributed by atoms with E-state index >= 15 is 0 Å². The van der Waals surface area contributed by atoms with Crippen molar-refractivity contribution in [3.8, 4) is 0 Å². The van der Waals surface area contributed by atoms with E-state index in [4.69, 9.17) is 9.84 Å². The molecule has 0 saturated heterocycles.